The van der Waals surface area contributed by atoms with Crippen molar-refractivity contribution < 1.29 is 17.9 Å². The number of fused-ring (bicyclic) bond motifs is 1. The van der Waals surface area contributed by atoms with Gasteiger partial charge in [-0.1, -0.05) is 30.3 Å². The van der Waals surface area contributed by atoms with Crippen LogP contribution in [0.2, 0.25) is 0 Å². The van der Waals surface area contributed by atoms with E-state index < -0.39 is 18.6 Å². The summed E-state index contributed by atoms with van der Waals surface area (Å²) >= 11 is 0. The maximum Gasteiger partial charge on any atom is 0.390 e. The molecule has 0 aliphatic carbocycles. The Labute approximate surface area is 121 Å². The zero-order valence-electron chi connectivity index (χ0n) is 12.0. The van der Waals surface area contributed by atoms with Crippen molar-refractivity contribution in [3.63, 3.8) is 0 Å². The molecule has 2 nitrogen and oxygen atoms in total. The van der Waals surface area contributed by atoms with E-state index in [0.717, 1.165) is 22.1 Å². The van der Waals surface area contributed by atoms with E-state index in [4.69, 9.17) is 4.74 Å². The van der Waals surface area contributed by atoms with E-state index in [1.165, 1.54) is 0 Å². The van der Waals surface area contributed by atoms with Crippen LogP contribution >= 0.6 is 0 Å². The van der Waals surface area contributed by atoms with E-state index in [9.17, 15) is 13.2 Å². The van der Waals surface area contributed by atoms with Gasteiger partial charge in [0.05, 0.1) is 13.5 Å². The fraction of sp³-hybridized carbons (Fsp3) is 0.375. The summed E-state index contributed by atoms with van der Waals surface area (Å²) in [5.41, 5.74) is 0.959. The molecule has 2 rings (SSSR count). The minimum atomic E-state index is -4.14. The van der Waals surface area contributed by atoms with Crippen molar-refractivity contribution in [2.45, 2.75) is 32.1 Å². The third kappa shape index (κ3) is 4.11. The molecule has 1 unspecified atom stereocenters. The van der Waals surface area contributed by atoms with Gasteiger partial charge in [0.15, 0.2) is 0 Å². The van der Waals surface area contributed by atoms with Gasteiger partial charge in [-0.2, -0.15) is 13.2 Å². The van der Waals surface area contributed by atoms with Crippen LogP contribution in [0.5, 0.6) is 5.75 Å². The average Bonchev–Trinajstić information content (AvgIpc) is 2.42. The molecular weight excluding hydrogens is 279 g/mol. The molecule has 0 saturated carbocycles. The predicted molar refractivity (Wildman–Crippen MR) is 77.5 cm³/mol. The Morgan fingerprint density at radius 2 is 1.76 bits per heavy atom. The summed E-state index contributed by atoms with van der Waals surface area (Å²) in [6, 6.07) is 10.8. The van der Waals surface area contributed by atoms with Gasteiger partial charge >= 0.3 is 6.18 Å². The van der Waals surface area contributed by atoms with Crippen LogP contribution in [0.3, 0.4) is 0 Å². The Bertz CT molecular complexity index is 610. The van der Waals surface area contributed by atoms with Crippen LogP contribution < -0.4 is 10.1 Å². The molecule has 0 radical (unpaired) electrons. The molecule has 0 aliphatic heterocycles. The molecule has 21 heavy (non-hydrogen) atoms. The molecule has 2 aromatic carbocycles. The van der Waals surface area contributed by atoms with Gasteiger partial charge < -0.3 is 10.1 Å². The SMILES string of the molecule is COc1ccc(CNC(C)CC(F)(F)F)c2ccccc12. The third-order valence-corrected chi connectivity index (χ3v) is 3.37. The van der Waals surface area contributed by atoms with Crippen LogP contribution in [0, 0.1) is 0 Å². The summed E-state index contributed by atoms with van der Waals surface area (Å²) in [4.78, 5) is 0. The Morgan fingerprint density at radius 1 is 1.10 bits per heavy atom. The fourth-order valence-corrected chi connectivity index (χ4v) is 2.37. The molecule has 2 aromatic rings. The zero-order chi connectivity index (χ0) is 15.5. The smallest absolute Gasteiger partial charge is 0.390 e. The monoisotopic (exact) mass is 297 g/mol. The van der Waals surface area contributed by atoms with Crippen LogP contribution in [-0.2, 0) is 6.54 Å². The van der Waals surface area contributed by atoms with Crippen molar-refractivity contribution in [2.75, 3.05) is 7.11 Å². The molecule has 0 aromatic heterocycles. The number of ether oxygens (including phenoxy) is 1. The first kappa shape index (κ1) is 15.6. The molecule has 0 saturated heterocycles. The van der Waals surface area contributed by atoms with Gasteiger partial charge in [-0.05, 0) is 23.9 Å². The Morgan fingerprint density at radius 3 is 2.38 bits per heavy atom. The van der Waals surface area contributed by atoms with Gasteiger partial charge in [0.25, 0.3) is 0 Å². The van der Waals surface area contributed by atoms with E-state index in [1.807, 2.05) is 36.4 Å². The van der Waals surface area contributed by atoms with Crippen molar-refractivity contribution >= 4 is 10.8 Å². The molecule has 0 amide bonds. The summed E-state index contributed by atoms with van der Waals surface area (Å²) in [5, 5.41) is 4.87. The van der Waals surface area contributed by atoms with E-state index in [-0.39, 0.29) is 0 Å². The minimum absolute atomic E-state index is 0.391. The van der Waals surface area contributed by atoms with Crippen LogP contribution in [0.15, 0.2) is 36.4 Å². The highest BCUT2D eigenvalue weighted by Gasteiger charge is 2.29. The van der Waals surface area contributed by atoms with Crippen LogP contribution in [-0.4, -0.2) is 19.3 Å². The summed E-state index contributed by atoms with van der Waals surface area (Å²) in [6.07, 6.45) is -4.98. The lowest BCUT2D eigenvalue weighted by Crippen LogP contribution is -2.30. The number of hydrogen-bond acceptors (Lipinski definition) is 2. The number of methoxy groups -OCH3 is 1. The lowest BCUT2D eigenvalue weighted by molar-refractivity contribution is -0.139. The molecule has 0 fully saturated rings. The Kier molecular flexibility index (Phi) is 4.73. The number of nitrogens with one attached hydrogen (secondary N) is 1. The van der Waals surface area contributed by atoms with Crippen molar-refractivity contribution in [1.29, 1.82) is 0 Å². The van der Waals surface area contributed by atoms with Gasteiger partial charge in [0.2, 0.25) is 0 Å². The van der Waals surface area contributed by atoms with Crippen LogP contribution in [0.1, 0.15) is 18.9 Å². The lowest BCUT2D eigenvalue weighted by Gasteiger charge is -2.17. The first-order chi connectivity index (χ1) is 9.90. The highest BCUT2D eigenvalue weighted by atomic mass is 19.4. The number of rotatable bonds is 5. The minimum Gasteiger partial charge on any atom is -0.496 e. The molecule has 1 N–H and O–H groups in total. The number of hydrogen-bond donors (Lipinski definition) is 1. The molecule has 0 bridgehead atoms. The lowest BCUT2D eigenvalue weighted by atomic mass is 10.0. The van der Waals surface area contributed by atoms with E-state index in [0.29, 0.717) is 6.54 Å². The van der Waals surface area contributed by atoms with Gasteiger partial charge in [-0.15, -0.1) is 0 Å². The largest absolute Gasteiger partial charge is 0.496 e. The predicted octanol–water partition coefficient (Wildman–Crippen LogP) is 4.28. The van der Waals surface area contributed by atoms with Gasteiger partial charge in [0, 0.05) is 18.0 Å². The van der Waals surface area contributed by atoms with Gasteiger partial charge in [-0.25, -0.2) is 0 Å². The highest BCUT2D eigenvalue weighted by molar-refractivity contribution is 5.91. The van der Waals surface area contributed by atoms with Gasteiger partial charge in [-0.3, -0.25) is 0 Å². The topological polar surface area (TPSA) is 21.3 Å². The quantitative estimate of drug-likeness (QED) is 0.889. The Balaban J connectivity index is 2.16. The molecule has 0 aliphatic rings. The van der Waals surface area contributed by atoms with Crippen molar-refractivity contribution in [3.8, 4) is 5.75 Å². The second kappa shape index (κ2) is 6.35. The Hall–Kier alpha value is -1.75. The third-order valence-electron chi connectivity index (χ3n) is 3.37. The second-order valence-corrected chi connectivity index (χ2v) is 5.07. The fourth-order valence-electron chi connectivity index (χ4n) is 2.37. The van der Waals surface area contributed by atoms with Crippen molar-refractivity contribution in [3.05, 3.63) is 42.0 Å². The van der Waals surface area contributed by atoms with E-state index >= 15 is 0 Å². The molecular formula is C16H18F3NO. The zero-order valence-corrected chi connectivity index (χ0v) is 12.0. The van der Waals surface area contributed by atoms with Crippen LogP contribution in [0.4, 0.5) is 13.2 Å². The average molecular weight is 297 g/mol. The maximum absolute atomic E-state index is 12.3. The van der Waals surface area contributed by atoms with Crippen molar-refractivity contribution in [2.24, 2.45) is 0 Å². The van der Waals surface area contributed by atoms with E-state index in [2.05, 4.69) is 5.32 Å². The molecule has 1 atom stereocenters. The normalized spacial score (nSPS) is 13.4. The summed E-state index contributed by atoms with van der Waals surface area (Å²) in [5.74, 6) is 0.762. The first-order valence-corrected chi connectivity index (χ1v) is 6.75. The standard InChI is InChI=1S/C16H18F3NO/c1-11(9-16(17,18)19)20-10-12-7-8-15(21-2)14-6-4-3-5-13(12)14/h3-8,11,20H,9-10H2,1-2H3. The molecule has 5 heteroatoms. The number of benzene rings is 2. The number of alkyl halides is 3. The summed E-state index contributed by atoms with van der Waals surface area (Å²) < 4.78 is 42.3. The number of halogens is 3. The molecule has 0 spiro atoms. The van der Waals surface area contributed by atoms with Crippen LogP contribution in [0.25, 0.3) is 10.8 Å². The molecule has 114 valence electrons. The maximum atomic E-state index is 12.3. The van der Waals surface area contributed by atoms with Gasteiger partial charge in [0.1, 0.15) is 5.75 Å². The van der Waals surface area contributed by atoms with Crippen molar-refractivity contribution in [1.82, 2.24) is 5.32 Å². The summed E-state index contributed by atoms with van der Waals surface area (Å²) in [6.45, 7) is 1.93. The van der Waals surface area contributed by atoms with E-state index in [1.54, 1.807) is 14.0 Å². The molecule has 0 heterocycles. The highest BCUT2D eigenvalue weighted by Crippen LogP contribution is 2.28. The summed E-state index contributed by atoms with van der Waals surface area (Å²) in [7, 11) is 1.60. The first-order valence-electron chi connectivity index (χ1n) is 6.75. The second-order valence-electron chi connectivity index (χ2n) is 5.07.